The van der Waals surface area contributed by atoms with Gasteiger partial charge in [-0.15, -0.1) is 0 Å². The van der Waals surface area contributed by atoms with Crippen molar-refractivity contribution in [1.82, 2.24) is 5.32 Å². The molecule has 0 fully saturated rings. The summed E-state index contributed by atoms with van der Waals surface area (Å²) in [6.07, 6.45) is 1.97. The third kappa shape index (κ3) is 6.92. The fourth-order valence-corrected chi connectivity index (χ4v) is 2.54. The largest absolute Gasteiger partial charge is 0.497 e. The average molecular weight is 430 g/mol. The fraction of sp³-hybridized carbons (Fsp3) is 0.200. The number of nitrogens with one attached hydrogen (secondary N) is 2. The molecule has 0 aromatic heterocycles. The zero-order chi connectivity index (χ0) is 22.8. The molecule has 0 spiro atoms. The minimum absolute atomic E-state index is 0.0665. The lowest BCUT2D eigenvalue weighted by atomic mass is 10.1. The van der Waals surface area contributed by atoms with E-state index in [2.05, 4.69) is 10.6 Å². The first kappa shape index (κ1) is 23.0. The number of nitrogens with zero attached hydrogens (tertiary/aromatic N) is 1. The number of carboxylic acid groups (broad SMARTS) is 1. The van der Waals surface area contributed by atoms with Crippen molar-refractivity contribution in [2.45, 2.75) is 6.61 Å². The van der Waals surface area contributed by atoms with Crippen molar-refractivity contribution in [1.29, 1.82) is 0 Å². The molecule has 2 amide bonds. The number of hydrogen-bond acceptors (Lipinski definition) is 7. The Balaban J connectivity index is 2.25. The van der Waals surface area contributed by atoms with E-state index in [-0.39, 0.29) is 42.4 Å². The highest BCUT2D eigenvalue weighted by Gasteiger charge is 2.22. The molecule has 0 aliphatic rings. The van der Waals surface area contributed by atoms with Gasteiger partial charge in [0, 0.05) is 24.7 Å². The maximum Gasteiger partial charge on any atom is 0.404 e. The van der Waals surface area contributed by atoms with Gasteiger partial charge in [-0.3, -0.25) is 14.9 Å². The Labute approximate surface area is 177 Å². The van der Waals surface area contributed by atoms with Crippen LogP contribution >= 0.6 is 0 Å². The molecule has 2 aromatic carbocycles. The van der Waals surface area contributed by atoms with Gasteiger partial charge in [0.1, 0.15) is 12.4 Å². The highest BCUT2D eigenvalue weighted by atomic mass is 16.6. The van der Waals surface area contributed by atoms with Gasteiger partial charge >= 0.3 is 6.09 Å². The third-order valence-electron chi connectivity index (χ3n) is 4.05. The normalized spacial score (nSPS) is 10.5. The Morgan fingerprint density at radius 3 is 2.45 bits per heavy atom. The van der Waals surface area contributed by atoms with Gasteiger partial charge in [-0.1, -0.05) is 24.3 Å². The van der Waals surface area contributed by atoms with Crippen molar-refractivity contribution in [3.05, 3.63) is 69.8 Å². The number of benzene rings is 2. The smallest absolute Gasteiger partial charge is 0.404 e. The lowest BCUT2D eigenvalue weighted by Gasteiger charge is -2.14. The Kier molecular flexibility index (Phi) is 8.20. The fourth-order valence-electron chi connectivity index (χ4n) is 2.54. The zero-order valence-electron chi connectivity index (χ0n) is 16.7. The summed E-state index contributed by atoms with van der Waals surface area (Å²) in [5.41, 5.74) is 5.70. The van der Waals surface area contributed by atoms with Crippen molar-refractivity contribution in [3.63, 3.8) is 0 Å². The van der Waals surface area contributed by atoms with Gasteiger partial charge in [-0.05, 0) is 23.8 Å². The van der Waals surface area contributed by atoms with Gasteiger partial charge in [0.05, 0.1) is 12.0 Å². The van der Waals surface area contributed by atoms with Crippen molar-refractivity contribution >= 4 is 23.4 Å². The summed E-state index contributed by atoms with van der Waals surface area (Å²) in [6.45, 7) is 0.313. The molecule has 11 nitrogen and oxygen atoms in total. The first-order chi connectivity index (χ1) is 14.8. The first-order valence-electron chi connectivity index (χ1n) is 9.05. The first-order valence-corrected chi connectivity index (χ1v) is 9.05. The van der Waals surface area contributed by atoms with Crippen LogP contribution in [0, 0.1) is 10.1 Å². The predicted molar refractivity (Wildman–Crippen MR) is 113 cm³/mol. The van der Waals surface area contributed by atoms with Gasteiger partial charge in [0.15, 0.2) is 11.4 Å². The average Bonchev–Trinajstić information content (AvgIpc) is 2.74. The molecule has 2 aromatic rings. The molecule has 0 saturated carbocycles. The Morgan fingerprint density at radius 1 is 1.19 bits per heavy atom. The van der Waals surface area contributed by atoms with Crippen LogP contribution in [0.1, 0.15) is 15.9 Å². The molecule has 0 heterocycles. The molecular formula is C20H22N4O7. The summed E-state index contributed by atoms with van der Waals surface area (Å²) in [5, 5.41) is 25.1. The molecule has 164 valence electrons. The monoisotopic (exact) mass is 430 g/mol. The number of carbonyl (C=O) groups is 2. The number of anilines is 1. The molecule has 31 heavy (non-hydrogen) atoms. The molecule has 2 rings (SSSR count). The van der Waals surface area contributed by atoms with Gasteiger partial charge in [-0.2, -0.15) is 0 Å². The number of primary amides is 1. The van der Waals surface area contributed by atoms with E-state index in [0.717, 1.165) is 11.6 Å². The molecule has 0 bridgehead atoms. The Bertz CT molecular complexity index is 974. The quantitative estimate of drug-likeness (QED) is 0.240. The number of methoxy groups -OCH3 is 1. The number of rotatable bonds is 11. The molecule has 0 radical (unpaired) electrons. The second-order valence-corrected chi connectivity index (χ2v) is 6.16. The van der Waals surface area contributed by atoms with E-state index in [1.165, 1.54) is 6.07 Å². The van der Waals surface area contributed by atoms with Gasteiger partial charge in [0.2, 0.25) is 5.91 Å². The Hall–Kier alpha value is -4.28. The highest BCUT2D eigenvalue weighted by Crippen LogP contribution is 2.36. The van der Waals surface area contributed by atoms with E-state index in [4.69, 9.17) is 20.3 Å². The van der Waals surface area contributed by atoms with Crippen LogP contribution in [-0.4, -0.2) is 42.2 Å². The second kappa shape index (κ2) is 11.0. The van der Waals surface area contributed by atoms with Crippen LogP contribution in [-0.2, 0) is 6.61 Å². The standard InChI is InChI=1S/C20H22N4O7/c1-30-15-6-4-13(5-7-15)12-31-17-11-14(19(21)25)10-16(24(28)29)18(17)22-8-2-3-9-23-20(26)27/h2-7,10-11,22-23H,8-9,12H2,1H3,(H2,21,25)(H,26,27)/b3-2+. The summed E-state index contributed by atoms with van der Waals surface area (Å²) in [4.78, 5) is 33.0. The summed E-state index contributed by atoms with van der Waals surface area (Å²) < 4.78 is 10.9. The van der Waals surface area contributed by atoms with Crippen LogP contribution < -0.4 is 25.8 Å². The summed E-state index contributed by atoms with van der Waals surface area (Å²) >= 11 is 0. The molecule has 5 N–H and O–H groups in total. The van der Waals surface area contributed by atoms with Crippen molar-refractivity contribution in [2.24, 2.45) is 5.73 Å². The lowest BCUT2D eigenvalue weighted by Crippen LogP contribution is -2.20. The van der Waals surface area contributed by atoms with Crippen molar-refractivity contribution in [2.75, 3.05) is 25.5 Å². The lowest BCUT2D eigenvalue weighted by molar-refractivity contribution is -0.384. The molecule has 0 aliphatic heterocycles. The molecule has 0 unspecified atom stereocenters. The minimum Gasteiger partial charge on any atom is -0.497 e. The third-order valence-corrected chi connectivity index (χ3v) is 4.05. The molecule has 0 saturated heterocycles. The van der Waals surface area contributed by atoms with Gasteiger partial charge < -0.3 is 30.9 Å². The zero-order valence-corrected chi connectivity index (χ0v) is 16.7. The summed E-state index contributed by atoms with van der Waals surface area (Å²) in [7, 11) is 1.55. The highest BCUT2D eigenvalue weighted by molar-refractivity contribution is 5.95. The number of nitro benzene ring substituents is 1. The SMILES string of the molecule is COc1ccc(COc2cc(C(N)=O)cc([N+](=O)[O-])c2NC/C=C/CNC(=O)O)cc1. The Morgan fingerprint density at radius 2 is 1.87 bits per heavy atom. The molecule has 0 aliphatic carbocycles. The van der Waals surface area contributed by atoms with Crippen LogP contribution in [0.25, 0.3) is 0 Å². The van der Waals surface area contributed by atoms with Crippen LogP contribution in [0.2, 0.25) is 0 Å². The number of carbonyl (C=O) groups excluding carboxylic acids is 1. The molecule has 0 atom stereocenters. The van der Waals surface area contributed by atoms with E-state index in [9.17, 15) is 19.7 Å². The summed E-state index contributed by atoms with van der Waals surface area (Å²) in [5.74, 6) is -0.0823. The molecule has 11 heteroatoms. The van der Waals surface area contributed by atoms with Crippen molar-refractivity contribution < 1.29 is 29.1 Å². The second-order valence-electron chi connectivity index (χ2n) is 6.16. The topological polar surface area (TPSA) is 166 Å². The number of nitro groups is 1. The van der Waals surface area contributed by atoms with Crippen LogP contribution in [0.15, 0.2) is 48.6 Å². The van der Waals surface area contributed by atoms with Crippen LogP contribution in [0.5, 0.6) is 11.5 Å². The van der Waals surface area contributed by atoms with Crippen molar-refractivity contribution in [3.8, 4) is 11.5 Å². The predicted octanol–water partition coefficient (Wildman–Crippen LogP) is 2.52. The molecular weight excluding hydrogens is 408 g/mol. The maximum atomic E-state index is 11.6. The van der Waals surface area contributed by atoms with Crippen LogP contribution in [0.3, 0.4) is 0 Å². The van der Waals surface area contributed by atoms with E-state index < -0.39 is 16.9 Å². The van der Waals surface area contributed by atoms with Crippen LogP contribution in [0.4, 0.5) is 16.2 Å². The summed E-state index contributed by atoms with van der Waals surface area (Å²) in [6, 6.07) is 9.44. The minimum atomic E-state index is -1.16. The van der Waals surface area contributed by atoms with E-state index in [1.54, 1.807) is 43.5 Å². The van der Waals surface area contributed by atoms with E-state index in [1.807, 2.05) is 0 Å². The van der Waals surface area contributed by atoms with E-state index in [0.29, 0.717) is 5.75 Å². The number of nitrogens with two attached hydrogens (primary N) is 1. The number of amides is 2. The van der Waals surface area contributed by atoms with Gasteiger partial charge in [-0.25, -0.2) is 4.79 Å². The number of hydrogen-bond donors (Lipinski definition) is 4. The van der Waals surface area contributed by atoms with Gasteiger partial charge in [0.25, 0.3) is 5.69 Å². The number of ether oxygens (including phenoxy) is 2. The maximum absolute atomic E-state index is 11.6. The van der Waals surface area contributed by atoms with E-state index >= 15 is 0 Å².